The summed E-state index contributed by atoms with van der Waals surface area (Å²) in [4.78, 5) is 11.5. The van der Waals surface area contributed by atoms with E-state index in [4.69, 9.17) is 4.74 Å². The van der Waals surface area contributed by atoms with Crippen molar-refractivity contribution in [3.63, 3.8) is 0 Å². The van der Waals surface area contributed by atoms with Crippen molar-refractivity contribution in [2.45, 2.75) is 23.7 Å². The lowest BCUT2D eigenvalue weighted by atomic mass is 10.0. The molecule has 0 bridgehead atoms. The summed E-state index contributed by atoms with van der Waals surface area (Å²) in [7, 11) is 0. The average Bonchev–Trinajstić information content (AvgIpc) is 2.71. The van der Waals surface area contributed by atoms with Crippen LogP contribution in [0.15, 0.2) is 71.6 Å². The molecule has 30 heavy (non-hydrogen) atoms. The average molecular weight is 431 g/mol. The minimum atomic E-state index is -4.34. The predicted octanol–water partition coefficient (Wildman–Crippen LogP) is 5.10. The Morgan fingerprint density at radius 3 is 2.10 bits per heavy atom. The van der Waals surface area contributed by atoms with E-state index in [1.807, 2.05) is 43.3 Å². The second kappa shape index (κ2) is 9.26. The number of ether oxygens (including phenoxy) is 1. The highest BCUT2D eigenvalue weighted by atomic mass is 32.2. The van der Waals surface area contributed by atoms with Crippen molar-refractivity contribution in [2.75, 3.05) is 6.61 Å². The predicted molar refractivity (Wildman–Crippen MR) is 108 cm³/mol. The van der Waals surface area contributed by atoms with Gasteiger partial charge < -0.3 is 14.6 Å². The second-order valence-electron chi connectivity index (χ2n) is 6.65. The summed E-state index contributed by atoms with van der Waals surface area (Å²) in [5.74, 6) is -0.0524. The van der Waals surface area contributed by atoms with E-state index in [9.17, 15) is 23.1 Å². The van der Waals surface area contributed by atoms with E-state index in [1.165, 1.54) is 12.1 Å². The fourth-order valence-electron chi connectivity index (χ4n) is 2.82. The number of rotatable bonds is 7. The zero-order valence-electron chi connectivity index (χ0n) is 16.0. The molecule has 0 saturated heterocycles. The van der Waals surface area contributed by atoms with Gasteiger partial charge in [0.25, 0.3) is 0 Å². The third kappa shape index (κ3) is 5.79. The van der Waals surface area contributed by atoms with Gasteiger partial charge in [-0.2, -0.15) is 13.2 Å². The number of halogens is 3. The Morgan fingerprint density at radius 1 is 0.967 bits per heavy atom. The van der Waals surface area contributed by atoms with Crippen LogP contribution in [-0.2, 0) is 16.7 Å². The number of alkyl halides is 3. The van der Waals surface area contributed by atoms with Gasteiger partial charge in [0, 0.05) is 10.6 Å². The lowest BCUT2D eigenvalue weighted by Crippen LogP contribution is -2.29. The van der Waals surface area contributed by atoms with Crippen molar-refractivity contribution in [3.8, 4) is 16.9 Å². The molecule has 0 fully saturated rings. The highest BCUT2D eigenvalue weighted by Gasteiger charge is 2.29. The number of carboxylic acid groups (broad SMARTS) is 1. The molecule has 0 aliphatic carbocycles. The number of carbonyl (C=O) groups is 1. The summed E-state index contributed by atoms with van der Waals surface area (Å²) in [6.45, 7) is 1.35. The molecule has 3 aromatic carbocycles. The SMILES string of the molecule is Cc1cc(SCc2ccc(-c3ccc(C(F)(F)F)cc3)cc2)ccc1OCC(=O)[O-]. The third-order valence-corrected chi connectivity index (χ3v) is 5.46. The first-order valence-electron chi connectivity index (χ1n) is 9.05. The molecule has 0 unspecified atom stereocenters. The molecule has 3 rings (SSSR count). The highest BCUT2D eigenvalue weighted by molar-refractivity contribution is 7.98. The van der Waals surface area contributed by atoms with Crippen LogP contribution in [0, 0.1) is 6.92 Å². The molecular weight excluding hydrogens is 413 g/mol. The molecule has 7 heteroatoms. The number of thioether (sulfide) groups is 1. The number of carbonyl (C=O) groups excluding carboxylic acids is 1. The second-order valence-corrected chi connectivity index (χ2v) is 7.70. The Morgan fingerprint density at radius 2 is 1.57 bits per heavy atom. The monoisotopic (exact) mass is 431 g/mol. The Labute approximate surface area is 176 Å². The Balaban J connectivity index is 1.61. The largest absolute Gasteiger partial charge is 0.546 e. The number of hydrogen-bond acceptors (Lipinski definition) is 4. The minimum Gasteiger partial charge on any atom is -0.546 e. The van der Waals surface area contributed by atoms with E-state index >= 15 is 0 Å². The number of aryl methyl sites for hydroxylation is 1. The summed E-state index contributed by atoms with van der Waals surface area (Å²) in [6, 6.07) is 18.3. The molecule has 0 aromatic heterocycles. The standard InChI is InChI=1S/C23H19F3O3S/c1-15-12-20(10-11-21(15)29-13-22(27)28)30-14-16-2-4-17(5-3-16)18-6-8-19(9-7-18)23(24,25)26/h2-12H,13-14H2,1H3,(H,27,28)/p-1. The zero-order valence-corrected chi connectivity index (χ0v) is 16.8. The first kappa shape index (κ1) is 21.8. The minimum absolute atomic E-state index is 0.487. The third-order valence-electron chi connectivity index (χ3n) is 4.40. The molecule has 0 saturated carbocycles. The van der Waals surface area contributed by atoms with Crippen LogP contribution in [0.2, 0.25) is 0 Å². The quantitative estimate of drug-likeness (QED) is 0.489. The number of carboxylic acids is 1. The van der Waals surface area contributed by atoms with Crippen molar-refractivity contribution in [1.29, 1.82) is 0 Å². The van der Waals surface area contributed by atoms with Crippen LogP contribution in [0.3, 0.4) is 0 Å². The zero-order chi connectivity index (χ0) is 21.7. The Bertz CT molecular complexity index is 1010. The van der Waals surface area contributed by atoms with Gasteiger partial charge in [0.2, 0.25) is 0 Å². The first-order valence-corrected chi connectivity index (χ1v) is 10.0. The summed E-state index contributed by atoms with van der Waals surface area (Å²) in [6.07, 6.45) is -4.34. The van der Waals surface area contributed by atoms with E-state index in [2.05, 4.69) is 0 Å². The van der Waals surface area contributed by atoms with Gasteiger partial charge >= 0.3 is 6.18 Å². The van der Waals surface area contributed by atoms with Gasteiger partial charge in [-0.25, -0.2) is 0 Å². The molecule has 0 N–H and O–H groups in total. The van der Waals surface area contributed by atoms with Crippen LogP contribution >= 0.6 is 11.8 Å². The summed E-state index contributed by atoms with van der Waals surface area (Å²) >= 11 is 1.62. The molecule has 3 nitrogen and oxygen atoms in total. The van der Waals surface area contributed by atoms with Gasteiger partial charge in [0.15, 0.2) is 0 Å². The van der Waals surface area contributed by atoms with Crippen LogP contribution in [-0.4, -0.2) is 12.6 Å². The molecule has 0 atom stereocenters. The van der Waals surface area contributed by atoms with E-state index in [0.717, 1.165) is 39.3 Å². The molecule has 0 heterocycles. The van der Waals surface area contributed by atoms with Crippen LogP contribution in [0.5, 0.6) is 5.75 Å². The van der Waals surface area contributed by atoms with Gasteiger partial charge in [0.05, 0.1) is 11.5 Å². The summed E-state index contributed by atoms with van der Waals surface area (Å²) < 4.78 is 43.2. The Kier molecular flexibility index (Phi) is 6.72. The molecule has 0 aliphatic rings. The fraction of sp³-hybridized carbons (Fsp3) is 0.174. The smallest absolute Gasteiger partial charge is 0.416 e. The molecular formula is C23H18F3O3S-. The van der Waals surface area contributed by atoms with E-state index in [1.54, 1.807) is 17.8 Å². The van der Waals surface area contributed by atoms with Crippen molar-refractivity contribution >= 4 is 17.7 Å². The fourth-order valence-corrected chi connectivity index (χ4v) is 3.77. The van der Waals surface area contributed by atoms with E-state index in [-0.39, 0.29) is 0 Å². The molecule has 3 aromatic rings. The lowest BCUT2D eigenvalue weighted by Gasteiger charge is -2.11. The lowest BCUT2D eigenvalue weighted by molar-refractivity contribution is -0.307. The van der Waals surface area contributed by atoms with Crippen molar-refractivity contribution in [2.24, 2.45) is 0 Å². The van der Waals surface area contributed by atoms with Gasteiger partial charge in [-0.1, -0.05) is 36.4 Å². The molecule has 0 aliphatic heterocycles. The molecule has 0 radical (unpaired) electrons. The molecule has 0 amide bonds. The maximum absolute atomic E-state index is 12.7. The van der Waals surface area contributed by atoms with Crippen LogP contribution in [0.25, 0.3) is 11.1 Å². The summed E-state index contributed by atoms with van der Waals surface area (Å²) in [5, 5.41) is 10.5. The van der Waals surface area contributed by atoms with E-state index in [0.29, 0.717) is 11.5 Å². The van der Waals surface area contributed by atoms with Crippen molar-refractivity contribution < 1.29 is 27.8 Å². The van der Waals surface area contributed by atoms with Crippen molar-refractivity contribution in [1.82, 2.24) is 0 Å². The number of hydrogen-bond donors (Lipinski definition) is 0. The van der Waals surface area contributed by atoms with Gasteiger partial charge in [-0.15, -0.1) is 11.8 Å². The number of aliphatic carboxylic acids is 1. The van der Waals surface area contributed by atoms with Crippen LogP contribution in [0.4, 0.5) is 13.2 Å². The van der Waals surface area contributed by atoms with Gasteiger partial charge in [-0.05, 0) is 59.5 Å². The first-order chi connectivity index (χ1) is 14.2. The summed E-state index contributed by atoms with van der Waals surface area (Å²) in [5.41, 5.74) is 2.82. The maximum Gasteiger partial charge on any atom is 0.416 e. The van der Waals surface area contributed by atoms with Crippen LogP contribution in [0.1, 0.15) is 16.7 Å². The Hall–Kier alpha value is -2.93. The number of benzene rings is 3. The highest BCUT2D eigenvalue weighted by Crippen LogP contribution is 2.32. The van der Waals surface area contributed by atoms with Gasteiger partial charge in [0.1, 0.15) is 12.4 Å². The van der Waals surface area contributed by atoms with Gasteiger partial charge in [-0.3, -0.25) is 0 Å². The van der Waals surface area contributed by atoms with Crippen LogP contribution < -0.4 is 9.84 Å². The van der Waals surface area contributed by atoms with E-state index < -0.39 is 24.3 Å². The molecule has 0 spiro atoms. The molecule has 156 valence electrons. The normalized spacial score (nSPS) is 11.3. The maximum atomic E-state index is 12.7. The topological polar surface area (TPSA) is 49.4 Å². The van der Waals surface area contributed by atoms with Crippen molar-refractivity contribution in [3.05, 3.63) is 83.4 Å².